The molecule has 0 atom stereocenters. The number of hydrogen-bond acceptors (Lipinski definition) is 9. The molecule has 3 heterocycles. The molecule has 4 N–H and O–H groups in total. The maximum Gasteiger partial charge on any atom is 0.303 e. The lowest BCUT2D eigenvalue weighted by Crippen LogP contribution is -2.37. The fraction of sp³-hybridized carbons (Fsp3) is 0.300. The number of morpholine rings is 1. The first kappa shape index (κ1) is 20.4. The Kier molecular flexibility index (Phi) is 5.85. The molecule has 11 nitrogen and oxygen atoms in total. The second-order valence-electron chi connectivity index (χ2n) is 6.96. The number of aliphatic carboxylic acids is 1. The monoisotopic (exact) mass is 423 g/mol. The van der Waals surface area contributed by atoms with Gasteiger partial charge in [0, 0.05) is 30.8 Å². The number of carboxylic acids is 1. The minimum atomic E-state index is -1.02. The quantitative estimate of drug-likeness (QED) is 0.528. The number of nitrogens with one attached hydrogen (secondary N) is 1. The molecule has 1 saturated heterocycles. The Bertz CT molecular complexity index is 1130. The molecule has 31 heavy (non-hydrogen) atoms. The van der Waals surface area contributed by atoms with Crippen molar-refractivity contribution in [3.63, 3.8) is 0 Å². The Hall–Kier alpha value is -3.86. The lowest BCUT2D eigenvalue weighted by Gasteiger charge is -2.28. The minimum Gasteiger partial charge on any atom is -0.481 e. The lowest BCUT2D eigenvalue weighted by atomic mass is 10.1. The number of anilines is 3. The van der Waals surface area contributed by atoms with Crippen molar-refractivity contribution in [1.82, 2.24) is 19.9 Å². The van der Waals surface area contributed by atoms with E-state index in [1.165, 1.54) is 0 Å². The smallest absolute Gasteiger partial charge is 0.303 e. The third kappa shape index (κ3) is 4.83. The van der Waals surface area contributed by atoms with Crippen molar-refractivity contribution in [2.24, 2.45) is 0 Å². The summed E-state index contributed by atoms with van der Waals surface area (Å²) in [5.41, 5.74) is 8.65. The number of carbonyl (C=O) groups excluding carboxylic acids is 1. The van der Waals surface area contributed by atoms with Crippen molar-refractivity contribution in [1.29, 1.82) is 0 Å². The Labute approximate surface area is 177 Å². The van der Waals surface area contributed by atoms with Crippen LogP contribution >= 0.6 is 0 Å². The molecule has 1 aliphatic heterocycles. The summed E-state index contributed by atoms with van der Waals surface area (Å²) < 4.78 is 5.41. The number of ether oxygens (including phenoxy) is 1. The third-order valence-corrected chi connectivity index (χ3v) is 4.72. The summed E-state index contributed by atoms with van der Waals surface area (Å²) in [6, 6.07) is 7.09. The number of fused-ring (bicyclic) bond motifs is 1. The van der Waals surface area contributed by atoms with Gasteiger partial charge in [-0.1, -0.05) is 12.1 Å². The summed E-state index contributed by atoms with van der Waals surface area (Å²) in [4.78, 5) is 42.3. The van der Waals surface area contributed by atoms with Crippen LogP contribution in [0, 0.1) is 0 Å². The standard InChI is InChI=1S/C20H21N7O4/c21-20-25-18-17(19(26-20)27-6-8-31-9-7-27)24-14(11-22-18)12-2-1-3-13(10-12)23-15(28)4-5-16(29)30/h1-3,10-11H,4-9H2,(H,23,28)(H,29,30)(H2,21,22,25,26). The molecule has 1 fully saturated rings. The van der Waals surface area contributed by atoms with Crippen LogP contribution in [-0.2, 0) is 14.3 Å². The average Bonchev–Trinajstić information content (AvgIpc) is 2.77. The topological polar surface area (TPSA) is 156 Å². The predicted octanol–water partition coefficient (Wildman–Crippen LogP) is 1.31. The Balaban J connectivity index is 1.64. The molecule has 0 bridgehead atoms. The Morgan fingerprint density at radius 1 is 1.16 bits per heavy atom. The van der Waals surface area contributed by atoms with Crippen molar-refractivity contribution >= 4 is 40.5 Å². The maximum absolute atomic E-state index is 11.9. The number of amides is 1. The summed E-state index contributed by atoms with van der Waals surface area (Å²) in [5.74, 6) is -0.655. The normalized spacial score (nSPS) is 13.9. The number of nitrogen functional groups attached to an aromatic ring is 1. The lowest BCUT2D eigenvalue weighted by molar-refractivity contribution is -0.138. The molecular weight excluding hydrogens is 402 g/mol. The zero-order chi connectivity index (χ0) is 21.8. The number of hydrogen-bond donors (Lipinski definition) is 3. The second-order valence-corrected chi connectivity index (χ2v) is 6.96. The van der Waals surface area contributed by atoms with E-state index in [4.69, 9.17) is 20.6 Å². The van der Waals surface area contributed by atoms with Gasteiger partial charge in [-0.2, -0.15) is 9.97 Å². The van der Waals surface area contributed by atoms with E-state index in [-0.39, 0.29) is 24.7 Å². The van der Waals surface area contributed by atoms with Crippen molar-refractivity contribution in [3.05, 3.63) is 30.5 Å². The highest BCUT2D eigenvalue weighted by Crippen LogP contribution is 2.27. The van der Waals surface area contributed by atoms with Crippen LogP contribution in [0.1, 0.15) is 12.8 Å². The summed E-state index contributed by atoms with van der Waals surface area (Å²) in [6.07, 6.45) is 1.26. The highest BCUT2D eigenvalue weighted by atomic mass is 16.5. The molecular formula is C20H21N7O4. The van der Waals surface area contributed by atoms with Crippen LogP contribution in [0.2, 0.25) is 0 Å². The number of benzene rings is 1. The van der Waals surface area contributed by atoms with Gasteiger partial charge in [-0.05, 0) is 12.1 Å². The van der Waals surface area contributed by atoms with Crippen LogP contribution in [0.25, 0.3) is 22.4 Å². The van der Waals surface area contributed by atoms with E-state index in [0.29, 0.717) is 54.7 Å². The van der Waals surface area contributed by atoms with Gasteiger partial charge in [-0.3, -0.25) is 9.59 Å². The molecule has 0 radical (unpaired) electrons. The van der Waals surface area contributed by atoms with E-state index in [2.05, 4.69) is 20.3 Å². The van der Waals surface area contributed by atoms with Gasteiger partial charge in [0.25, 0.3) is 0 Å². The van der Waals surface area contributed by atoms with Crippen LogP contribution in [0.5, 0.6) is 0 Å². The van der Waals surface area contributed by atoms with Crippen LogP contribution in [-0.4, -0.2) is 63.2 Å². The first-order valence-electron chi connectivity index (χ1n) is 9.74. The summed E-state index contributed by atoms with van der Waals surface area (Å²) >= 11 is 0. The molecule has 0 aliphatic carbocycles. The fourth-order valence-electron chi connectivity index (χ4n) is 3.24. The van der Waals surface area contributed by atoms with Crippen LogP contribution in [0.15, 0.2) is 30.5 Å². The molecule has 0 saturated carbocycles. The summed E-state index contributed by atoms with van der Waals surface area (Å²) in [6.45, 7) is 2.49. The van der Waals surface area contributed by atoms with Gasteiger partial charge in [-0.15, -0.1) is 0 Å². The van der Waals surface area contributed by atoms with Crippen molar-refractivity contribution in [3.8, 4) is 11.3 Å². The van der Waals surface area contributed by atoms with Crippen molar-refractivity contribution in [2.75, 3.05) is 42.3 Å². The Morgan fingerprint density at radius 2 is 1.97 bits per heavy atom. The minimum absolute atomic E-state index is 0.100. The number of rotatable bonds is 6. The van der Waals surface area contributed by atoms with Gasteiger partial charge in [0.2, 0.25) is 11.9 Å². The fourth-order valence-corrected chi connectivity index (χ4v) is 3.24. The van der Waals surface area contributed by atoms with Gasteiger partial charge in [0.05, 0.1) is 31.5 Å². The SMILES string of the molecule is Nc1nc(N2CCOCC2)c2nc(-c3cccc(NC(=O)CCC(=O)O)c3)cnc2n1. The van der Waals surface area contributed by atoms with E-state index in [9.17, 15) is 9.59 Å². The number of nitrogens with two attached hydrogens (primary N) is 1. The second kappa shape index (κ2) is 8.88. The molecule has 0 spiro atoms. The highest BCUT2D eigenvalue weighted by Gasteiger charge is 2.19. The molecule has 1 aromatic carbocycles. The first-order valence-corrected chi connectivity index (χ1v) is 9.74. The van der Waals surface area contributed by atoms with Crippen LogP contribution < -0.4 is 16.0 Å². The Morgan fingerprint density at radius 3 is 2.74 bits per heavy atom. The molecule has 160 valence electrons. The predicted molar refractivity (Wildman–Crippen MR) is 114 cm³/mol. The van der Waals surface area contributed by atoms with E-state index < -0.39 is 5.97 Å². The summed E-state index contributed by atoms with van der Waals surface area (Å²) in [5, 5.41) is 11.4. The van der Waals surface area contributed by atoms with Gasteiger partial charge in [0.15, 0.2) is 17.0 Å². The van der Waals surface area contributed by atoms with E-state index >= 15 is 0 Å². The zero-order valence-electron chi connectivity index (χ0n) is 16.6. The van der Waals surface area contributed by atoms with E-state index in [1.807, 2.05) is 11.0 Å². The number of nitrogens with zero attached hydrogens (tertiary/aromatic N) is 5. The number of carbonyl (C=O) groups is 2. The van der Waals surface area contributed by atoms with Crippen molar-refractivity contribution in [2.45, 2.75) is 12.8 Å². The van der Waals surface area contributed by atoms with E-state index in [1.54, 1.807) is 24.4 Å². The largest absolute Gasteiger partial charge is 0.481 e. The van der Waals surface area contributed by atoms with Gasteiger partial charge in [0.1, 0.15) is 0 Å². The molecule has 2 aromatic heterocycles. The third-order valence-electron chi connectivity index (χ3n) is 4.72. The average molecular weight is 423 g/mol. The maximum atomic E-state index is 11.9. The number of carboxylic acid groups (broad SMARTS) is 1. The van der Waals surface area contributed by atoms with Crippen LogP contribution in [0.3, 0.4) is 0 Å². The van der Waals surface area contributed by atoms with Gasteiger partial charge in [-0.25, -0.2) is 9.97 Å². The zero-order valence-corrected chi connectivity index (χ0v) is 16.6. The molecule has 1 amide bonds. The molecule has 4 rings (SSSR count). The highest BCUT2D eigenvalue weighted by molar-refractivity contribution is 5.93. The first-order chi connectivity index (χ1) is 15.0. The molecule has 0 unspecified atom stereocenters. The van der Waals surface area contributed by atoms with Gasteiger partial charge >= 0.3 is 5.97 Å². The van der Waals surface area contributed by atoms with E-state index in [0.717, 1.165) is 5.56 Å². The van der Waals surface area contributed by atoms with Gasteiger partial charge < -0.3 is 25.8 Å². The number of aromatic nitrogens is 4. The van der Waals surface area contributed by atoms with Crippen LogP contribution in [0.4, 0.5) is 17.5 Å². The molecule has 11 heteroatoms. The molecule has 3 aromatic rings. The van der Waals surface area contributed by atoms with Crippen molar-refractivity contribution < 1.29 is 19.4 Å². The summed E-state index contributed by atoms with van der Waals surface area (Å²) in [7, 11) is 0. The molecule has 1 aliphatic rings.